The maximum atomic E-state index is 13.4. The number of primary amides is 1. The van der Waals surface area contributed by atoms with E-state index in [1.807, 2.05) is 37.3 Å². The molecule has 0 atom stereocenters. The van der Waals surface area contributed by atoms with Crippen molar-refractivity contribution in [1.82, 2.24) is 9.78 Å². The number of amides is 2. The number of benzene rings is 2. The third-order valence-electron chi connectivity index (χ3n) is 4.51. The molecule has 8 heteroatoms. The molecular weight excluding hydrogens is 403 g/mol. The lowest BCUT2D eigenvalue weighted by Crippen LogP contribution is -2.18. The molecule has 0 aliphatic rings. The summed E-state index contributed by atoms with van der Waals surface area (Å²) in [5, 5.41) is 7.32. The molecule has 0 fully saturated rings. The van der Waals surface area contributed by atoms with Crippen molar-refractivity contribution in [3.05, 3.63) is 88.8 Å². The average Bonchev–Trinajstić information content (AvgIpc) is 3.33. The van der Waals surface area contributed by atoms with Gasteiger partial charge < -0.3 is 11.1 Å². The molecule has 0 radical (unpaired) electrons. The van der Waals surface area contributed by atoms with Crippen LogP contribution in [0.15, 0.2) is 66.9 Å². The van der Waals surface area contributed by atoms with Crippen molar-refractivity contribution in [3.63, 3.8) is 0 Å². The summed E-state index contributed by atoms with van der Waals surface area (Å²) in [5.74, 6) is -1.52. The number of aryl methyl sites for hydroxylation is 1. The third kappa shape index (κ3) is 3.72. The number of aromatic nitrogens is 2. The van der Waals surface area contributed by atoms with Gasteiger partial charge in [0.25, 0.3) is 11.8 Å². The first-order chi connectivity index (χ1) is 14.4. The number of nitrogens with one attached hydrogen (secondary N) is 1. The van der Waals surface area contributed by atoms with Gasteiger partial charge in [-0.3, -0.25) is 9.59 Å². The Morgan fingerprint density at radius 2 is 1.87 bits per heavy atom. The highest BCUT2D eigenvalue weighted by Gasteiger charge is 2.23. The van der Waals surface area contributed by atoms with Crippen LogP contribution in [0.1, 0.15) is 25.7 Å². The van der Waals surface area contributed by atoms with Crippen LogP contribution in [0.25, 0.3) is 16.8 Å². The topological polar surface area (TPSA) is 90.0 Å². The zero-order valence-electron chi connectivity index (χ0n) is 15.9. The number of anilines is 1. The molecule has 4 aromatic rings. The van der Waals surface area contributed by atoms with Crippen LogP contribution in [-0.4, -0.2) is 21.6 Å². The largest absolute Gasteiger partial charge is 0.365 e. The number of halogens is 1. The first-order valence-electron chi connectivity index (χ1n) is 9.05. The summed E-state index contributed by atoms with van der Waals surface area (Å²) in [7, 11) is 0. The van der Waals surface area contributed by atoms with Crippen molar-refractivity contribution < 1.29 is 14.0 Å². The lowest BCUT2D eigenvalue weighted by molar-refractivity contribution is 0.100. The summed E-state index contributed by atoms with van der Waals surface area (Å²) >= 11 is 1.28. The Morgan fingerprint density at radius 1 is 1.10 bits per heavy atom. The van der Waals surface area contributed by atoms with E-state index >= 15 is 0 Å². The van der Waals surface area contributed by atoms with Crippen molar-refractivity contribution in [1.29, 1.82) is 0 Å². The number of rotatable bonds is 5. The van der Waals surface area contributed by atoms with Gasteiger partial charge in [0, 0.05) is 16.6 Å². The number of thiophene rings is 1. The van der Waals surface area contributed by atoms with E-state index < -0.39 is 17.6 Å². The first-order valence-corrected chi connectivity index (χ1v) is 9.87. The van der Waals surface area contributed by atoms with E-state index in [-0.39, 0.29) is 11.3 Å². The van der Waals surface area contributed by atoms with Gasteiger partial charge in [0.15, 0.2) is 5.69 Å². The predicted molar refractivity (Wildman–Crippen MR) is 114 cm³/mol. The molecule has 2 amide bonds. The van der Waals surface area contributed by atoms with Gasteiger partial charge in [-0.05, 0) is 36.8 Å². The number of carbonyl (C=O) groups is 2. The second-order valence-electron chi connectivity index (χ2n) is 6.55. The Labute approximate surface area is 175 Å². The zero-order valence-corrected chi connectivity index (χ0v) is 16.7. The Bertz CT molecular complexity index is 1250. The van der Waals surface area contributed by atoms with Crippen LogP contribution in [-0.2, 0) is 0 Å². The molecule has 150 valence electrons. The highest BCUT2D eigenvalue weighted by molar-refractivity contribution is 7.17. The minimum absolute atomic E-state index is 0.127. The fourth-order valence-electron chi connectivity index (χ4n) is 3.19. The molecule has 0 bridgehead atoms. The molecular formula is C22H17FN4O2S. The fraction of sp³-hybridized carbons (Fsp3) is 0.0455. The highest BCUT2D eigenvalue weighted by Crippen LogP contribution is 2.39. The second-order valence-corrected chi connectivity index (χ2v) is 7.77. The number of nitrogens with zero attached hydrogens (tertiary/aromatic N) is 2. The predicted octanol–water partition coefficient (Wildman–Crippen LogP) is 4.40. The molecule has 2 aromatic carbocycles. The smallest absolute Gasteiger partial charge is 0.276 e. The van der Waals surface area contributed by atoms with Gasteiger partial charge in [0.2, 0.25) is 0 Å². The van der Waals surface area contributed by atoms with Crippen molar-refractivity contribution in [3.8, 4) is 16.8 Å². The minimum atomic E-state index is -0.626. The van der Waals surface area contributed by atoms with Crippen molar-refractivity contribution in [2.24, 2.45) is 5.73 Å². The lowest BCUT2D eigenvalue weighted by atomic mass is 10.0. The molecule has 4 rings (SSSR count). The number of nitrogens with two attached hydrogens (primary N) is 1. The summed E-state index contributed by atoms with van der Waals surface area (Å²) in [6.45, 7) is 1.87. The van der Waals surface area contributed by atoms with Crippen molar-refractivity contribution >= 4 is 28.2 Å². The standard InChI is InChI=1S/C22H17FN4O2S/c1-13-18(14-6-3-2-4-7-14)19(20(24)28)22(30-13)25-21(29)17-10-11-27(26-17)16-9-5-8-15(23)12-16/h2-12H,1H3,(H2,24,28)(H,25,29). The molecule has 0 unspecified atom stereocenters. The van der Waals surface area contributed by atoms with Gasteiger partial charge in [-0.1, -0.05) is 36.4 Å². The van der Waals surface area contributed by atoms with Gasteiger partial charge in [-0.25, -0.2) is 9.07 Å². The van der Waals surface area contributed by atoms with E-state index in [0.29, 0.717) is 16.3 Å². The molecule has 6 nitrogen and oxygen atoms in total. The van der Waals surface area contributed by atoms with Crippen molar-refractivity contribution in [2.75, 3.05) is 5.32 Å². The molecule has 0 aliphatic heterocycles. The first kappa shape index (κ1) is 19.5. The van der Waals surface area contributed by atoms with Crippen LogP contribution in [0.3, 0.4) is 0 Å². The summed E-state index contributed by atoms with van der Waals surface area (Å²) in [6, 6.07) is 16.8. The highest BCUT2D eigenvalue weighted by atomic mass is 32.1. The SMILES string of the molecule is Cc1sc(NC(=O)c2ccn(-c3cccc(F)c3)n2)c(C(N)=O)c1-c1ccccc1. The number of hydrogen-bond acceptors (Lipinski definition) is 4. The number of hydrogen-bond donors (Lipinski definition) is 2. The summed E-state index contributed by atoms with van der Waals surface area (Å²) in [5.41, 5.74) is 8.07. The minimum Gasteiger partial charge on any atom is -0.365 e. The van der Waals surface area contributed by atoms with Gasteiger partial charge in [-0.2, -0.15) is 5.10 Å². The maximum absolute atomic E-state index is 13.4. The number of carbonyl (C=O) groups excluding carboxylic acids is 2. The quantitative estimate of drug-likeness (QED) is 0.501. The Morgan fingerprint density at radius 3 is 2.57 bits per heavy atom. The van der Waals surface area contributed by atoms with Crippen LogP contribution in [0.2, 0.25) is 0 Å². The van der Waals surface area contributed by atoms with Crippen LogP contribution < -0.4 is 11.1 Å². The van der Waals surface area contributed by atoms with Crippen LogP contribution in [0.4, 0.5) is 9.39 Å². The summed E-state index contributed by atoms with van der Waals surface area (Å²) < 4.78 is 14.8. The van der Waals surface area contributed by atoms with Gasteiger partial charge in [0.1, 0.15) is 10.8 Å². The molecule has 2 heterocycles. The molecule has 2 aromatic heterocycles. The van der Waals surface area contributed by atoms with Crippen LogP contribution >= 0.6 is 11.3 Å². The monoisotopic (exact) mass is 420 g/mol. The molecule has 30 heavy (non-hydrogen) atoms. The molecule has 0 saturated heterocycles. The van der Waals surface area contributed by atoms with E-state index in [0.717, 1.165) is 10.4 Å². The lowest BCUT2D eigenvalue weighted by Gasteiger charge is -2.06. The third-order valence-corrected chi connectivity index (χ3v) is 5.54. The normalized spacial score (nSPS) is 10.7. The summed E-state index contributed by atoms with van der Waals surface area (Å²) in [6.07, 6.45) is 1.56. The van der Waals surface area contributed by atoms with E-state index in [1.54, 1.807) is 18.3 Å². The Balaban J connectivity index is 1.65. The zero-order chi connectivity index (χ0) is 21.3. The molecule has 3 N–H and O–H groups in total. The van der Waals surface area contributed by atoms with Crippen LogP contribution in [0, 0.1) is 12.7 Å². The Hall–Kier alpha value is -3.78. The second kappa shape index (κ2) is 7.92. The van der Waals surface area contributed by atoms with E-state index in [4.69, 9.17) is 5.73 Å². The average molecular weight is 420 g/mol. The maximum Gasteiger partial charge on any atom is 0.276 e. The van der Waals surface area contributed by atoms with Gasteiger partial charge in [0.05, 0.1) is 11.3 Å². The van der Waals surface area contributed by atoms with E-state index in [1.165, 1.54) is 34.2 Å². The van der Waals surface area contributed by atoms with Gasteiger partial charge in [-0.15, -0.1) is 11.3 Å². The van der Waals surface area contributed by atoms with Crippen molar-refractivity contribution in [2.45, 2.75) is 6.92 Å². The summed E-state index contributed by atoms with van der Waals surface area (Å²) in [4.78, 5) is 25.8. The van der Waals surface area contributed by atoms with Crippen LogP contribution in [0.5, 0.6) is 0 Å². The Kier molecular flexibility index (Phi) is 5.16. The van der Waals surface area contributed by atoms with E-state index in [9.17, 15) is 14.0 Å². The fourth-order valence-corrected chi connectivity index (χ4v) is 4.27. The molecule has 0 saturated carbocycles. The van der Waals surface area contributed by atoms with Gasteiger partial charge >= 0.3 is 0 Å². The van der Waals surface area contributed by atoms with E-state index in [2.05, 4.69) is 10.4 Å². The molecule has 0 aliphatic carbocycles. The molecule has 0 spiro atoms.